The molecular weight excluding hydrogens is 543 g/mol. The fourth-order valence-corrected chi connectivity index (χ4v) is 4.10. The number of nitrogens with zero attached hydrogens (tertiary/aromatic N) is 5. The number of benzene rings is 1. The lowest BCUT2D eigenvalue weighted by Gasteiger charge is -2.13. The number of aromatic nitrogens is 5. The Labute approximate surface area is 202 Å². The lowest BCUT2D eigenvalue weighted by Crippen LogP contribution is -2.18. The molecule has 3 heterocycles. The van der Waals surface area contributed by atoms with E-state index in [1.165, 1.54) is 17.0 Å². The van der Waals surface area contributed by atoms with E-state index in [9.17, 15) is 9.00 Å². The highest BCUT2D eigenvalue weighted by molar-refractivity contribution is 9.10. The van der Waals surface area contributed by atoms with Crippen molar-refractivity contribution in [3.05, 3.63) is 62.4 Å². The van der Waals surface area contributed by atoms with Crippen LogP contribution >= 0.6 is 39.1 Å². The van der Waals surface area contributed by atoms with Crippen LogP contribution in [0.25, 0.3) is 17.3 Å². The summed E-state index contributed by atoms with van der Waals surface area (Å²) in [5, 5.41) is 15.5. The van der Waals surface area contributed by atoms with Crippen molar-refractivity contribution in [1.82, 2.24) is 25.0 Å². The Kier molecular flexibility index (Phi) is 6.42. The highest BCUT2D eigenvalue weighted by Crippen LogP contribution is 2.34. The molecule has 0 saturated heterocycles. The summed E-state index contributed by atoms with van der Waals surface area (Å²) in [6.45, 7) is 1.77. The van der Waals surface area contributed by atoms with Gasteiger partial charge in [0.05, 0.1) is 16.3 Å². The third-order valence-electron chi connectivity index (χ3n) is 4.27. The van der Waals surface area contributed by atoms with E-state index >= 15 is 0 Å². The van der Waals surface area contributed by atoms with Crippen molar-refractivity contribution < 1.29 is 13.4 Å². The predicted octanol–water partition coefficient (Wildman–Crippen LogP) is 4.68. The number of amides is 1. The van der Waals surface area contributed by atoms with Gasteiger partial charge in [-0.05, 0) is 52.7 Å². The summed E-state index contributed by atoms with van der Waals surface area (Å²) in [5.41, 5.74) is 1.61. The molecule has 1 N–H and O–H groups in total. The second-order valence-corrected chi connectivity index (χ2v) is 9.41. The monoisotopic (exact) mass is 554 g/mol. The lowest BCUT2D eigenvalue weighted by atomic mass is 10.1. The molecule has 1 unspecified atom stereocenters. The Hall–Kier alpha value is -2.60. The Balaban J connectivity index is 1.77. The van der Waals surface area contributed by atoms with Crippen LogP contribution in [0.4, 0.5) is 5.69 Å². The zero-order valence-electron chi connectivity index (χ0n) is 16.5. The standard InChI is InChI=1S/C19H13BrCl2N6O3S/c1-9-6-10(21)7-11(18-25-26-19(31-18)32(2)30)15(9)24-17(29)13-8-14(20)27-28(13)16-12(22)4-3-5-23-16/h3-8H,1-2H3,(H,24,29). The molecule has 0 spiro atoms. The fraction of sp³-hybridized carbons (Fsp3) is 0.105. The molecule has 0 radical (unpaired) electrons. The van der Waals surface area contributed by atoms with Crippen LogP contribution in [0.2, 0.25) is 10.0 Å². The van der Waals surface area contributed by atoms with Gasteiger partial charge in [0, 0.05) is 23.5 Å². The number of carbonyl (C=O) groups excluding carboxylic acids is 1. The average molecular weight is 556 g/mol. The van der Waals surface area contributed by atoms with Gasteiger partial charge in [0.15, 0.2) is 5.82 Å². The van der Waals surface area contributed by atoms with Crippen molar-refractivity contribution >= 4 is 61.5 Å². The van der Waals surface area contributed by atoms with Crippen LogP contribution < -0.4 is 5.32 Å². The van der Waals surface area contributed by atoms with E-state index in [1.807, 2.05) is 0 Å². The smallest absolute Gasteiger partial charge is 0.307 e. The van der Waals surface area contributed by atoms with Gasteiger partial charge in [-0.2, -0.15) is 5.10 Å². The van der Waals surface area contributed by atoms with E-state index in [1.54, 1.807) is 37.4 Å². The van der Waals surface area contributed by atoms with Crippen LogP contribution in [0, 0.1) is 6.92 Å². The van der Waals surface area contributed by atoms with E-state index in [0.717, 1.165) is 0 Å². The van der Waals surface area contributed by atoms with Crippen molar-refractivity contribution in [3.8, 4) is 17.3 Å². The van der Waals surface area contributed by atoms with E-state index in [0.29, 0.717) is 37.3 Å². The number of hydrogen-bond donors (Lipinski definition) is 1. The van der Waals surface area contributed by atoms with Gasteiger partial charge < -0.3 is 9.73 Å². The summed E-state index contributed by atoms with van der Waals surface area (Å²) in [4.78, 5) is 17.5. The Morgan fingerprint density at radius 1 is 1.25 bits per heavy atom. The maximum atomic E-state index is 13.3. The summed E-state index contributed by atoms with van der Waals surface area (Å²) in [6.07, 6.45) is 2.97. The molecule has 9 nitrogen and oxygen atoms in total. The third-order valence-corrected chi connectivity index (χ3v) is 5.83. The van der Waals surface area contributed by atoms with Gasteiger partial charge in [0.25, 0.3) is 11.8 Å². The Bertz CT molecular complexity index is 1370. The topological polar surface area (TPSA) is 116 Å². The van der Waals surface area contributed by atoms with E-state index < -0.39 is 16.7 Å². The lowest BCUT2D eigenvalue weighted by molar-refractivity contribution is 0.101. The molecule has 1 atom stereocenters. The van der Waals surface area contributed by atoms with Crippen LogP contribution in [0.5, 0.6) is 0 Å². The number of rotatable bonds is 5. The quantitative estimate of drug-likeness (QED) is 0.380. The van der Waals surface area contributed by atoms with Crippen LogP contribution in [-0.4, -0.2) is 41.3 Å². The largest absolute Gasteiger partial charge is 0.409 e. The number of anilines is 1. The van der Waals surface area contributed by atoms with Gasteiger partial charge in [-0.25, -0.2) is 13.9 Å². The van der Waals surface area contributed by atoms with E-state index in [-0.39, 0.29) is 16.8 Å². The molecule has 32 heavy (non-hydrogen) atoms. The van der Waals surface area contributed by atoms with Crippen LogP contribution in [0.1, 0.15) is 16.1 Å². The minimum absolute atomic E-state index is 0.0401. The molecule has 1 aromatic carbocycles. The number of halogens is 3. The normalized spacial score (nSPS) is 12.0. The highest BCUT2D eigenvalue weighted by Gasteiger charge is 2.23. The fourth-order valence-electron chi connectivity index (χ4n) is 2.90. The van der Waals surface area contributed by atoms with Crippen molar-refractivity contribution in [2.24, 2.45) is 0 Å². The number of hydrogen-bond acceptors (Lipinski definition) is 7. The zero-order chi connectivity index (χ0) is 23.0. The van der Waals surface area contributed by atoms with Crippen molar-refractivity contribution in [1.29, 1.82) is 0 Å². The molecule has 0 fully saturated rings. The highest BCUT2D eigenvalue weighted by atomic mass is 79.9. The van der Waals surface area contributed by atoms with Crippen molar-refractivity contribution in [3.63, 3.8) is 0 Å². The predicted molar refractivity (Wildman–Crippen MR) is 124 cm³/mol. The zero-order valence-corrected chi connectivity index (χ0v) is 20.4. The maximum absolute atomic E-state index is 13.3. The summed E-state index contributed by atoms with van der Waals surface area (Å²) in [5.74, 6) is -0.126. The molecular formula is C19H13BrCl2N6O3S. The minimum atomic E-state index is -1.46. The minimum Gasteiger partial charge on any atom is -0.409 e. The summed E-state index contributed by atoms with van der Waals surface area (Å²) in [7, 11) is -1.46. The summed E-state index contributed by atoms with van der Waals surface area (Å²) < 4.78 is 18.9. The average Bonchev–Trinajstić information content (AvgIpc) is 3.37. The molecule has 0 aliphatic heterocycles. The molecule has 0 aliphatic carbocycles. The Morgan fingerprint density at radius 2 is 2.03 bits per heavy atom. The van der Waals surface area contributed by atoms with Gasteiger partial charge >= 0.3 is 5.22 Å². The van der Waals surface area contributed by atoms with Crippen LogP contribution in [0.3, 0.4) is 0 Å². The molecule has 0 bridgehead atoms. The number of aryl methyl sites for hydroxylation is 1. The molecule has 3 aromatic heterocycles. The molecule has 164 valence electrons. The van der Waals surface area contributed by atoms with Gasteiger partial charge in [-0.1, -0.05) is 28.3 Å². The van der Waals surface area contributed by atoms with Gasteiger partial charge in [-0.3, -0.25) is 4.79 Å². The number of pyridine rings is 1. The second kappa shape index (κ2) is 9.10. The third kappa shape index (κ3) is 4.46. The SMILES string of the molecule is Cc1cc(Cl)cc(-c2nnc(S(C)=O)o2)c1NC(=O)c1cc(Br)nn1-c1ncccc1Cl. The van der Waals surface area contributed by atoms with Crippen molar-refractivity contribution in [2.75, 3.05) is 11.6 Å². The number of nitrogens with one attached hydrogen (secondary N) is 1. The van der Waals surface area contributed by atoms with Gasteiger partial charge in [0.2, 0.25) is 0 Å². The number of carbonyl (C=O) groups is 1. The van der Waals surface area contributed by atoms with Crippen molar-refractivity contribution in [2.45, 2.75) is 12.1 Å². The van der Waals surface area contributed by atoms with E-state index in [2.05, 4.69) is 41.5 Å². The second-order valence-electron chi connectivity index (χ2n) is 6.50. The molecule has 0 saturated carbocycles. The van der Waals surface area contributed by atoms with Crippen LogP contribution in [0.15, 0.2) is 50.8 Å². The first kappa shape index (κ1) is 22.6. The van der Waals surface area contributed by atoms with Gasteiger partial charge in [0.1, 0.15) is 21.1 Å². The molecule has 13 heteroatoms. The molecule has 4 rings (SSSR count). The first-order valence-corrected chi connectivity index (χ1v) is 12.0. The Morgan fingerprint density at radius 3 is 2.72 bits per heavy atom. The van der Waals surface area contributed by atoms with E-state index in [4.69, 9.17) is 27.6 Å². The summed E-state index contributed by atoms with van der Waals surface area (Å²) >= 11 is 15.7. The first-order valence-electron chi connectivity index (χ1n) is 8.90. The molecule has 1 amide bonds. The van der Waals surface area contributed by atoms with Crippen LogP contribution in [-0.2, 0) is 10.8 Å². The maximum Gasteiger partial charge on any atom is 0.307 e. The summed E-state index contributed by atoms with van der Waals surface area (Å²) in [6, 6.07) is 8.11. The first-order chi connectivity index (χ1) is 15.2. The van der Waals surface area contributed by atoms with Gasteiger partial charge in [-0.15, -0.1) is 5.10 Å². The molecule has 4 aromatic rings. The molecule has 0 aliphatic rings.